The van der Waals surface area contributed by atoms with E-state index < -0.39 is 6.10 Å². The molecule has 0 fully saturated rings. The summed E-state index contributed by atoms with van der Waals surface area (Å²) in [6.45, 7) is 6.67. The van der Waals surface area contributed by atoms with E-state index in [9.17, 15) is 14.4 Å². The lowest BCUT2D eigenvalue weighted by Gasteiger charge is -2.18. The largest absolute Gasteiger partial charge is 0.462 e. The monoisotopic (exact) mass is 807 g/mol. The molecule has 0 N–H and O–H groups in total. The van der Waals surface area contributed by atoms with E-state index in [4.69, 9.17) is 14.2 Å². The standard InChI is InChI=1S/C51H98O6/c1-4-7-10-13-16-19-22-24-26-28-29-32-35-38-41-44-50(53)56-47-48(46-55-49(52)43-40-37-34-31-21-18-15-12-9-6-3)57-51(54)45-42-39-36-33-30-27-25-23-20-17-14-11-8-5-2/h48H,4-47H2,1-3H3/t48-/m1/s1. The molecule has 0 aliphatic carbocycles. The van der Waals surface area contributed by atoms with E-state index in [-0.39, 0.29) is 31.1 Å². The molecule has 0 aliphatic rings. The predicted molar refractivity (Wildman–Crippen MR) is 243 cm³/mol. The summed E-state index contributed by atoms with van der Waals surface area (Å²) in [7, 11) is 0. The number of rotatable bonds is 47. The van der Waals surface area contributed by atoms with E-state index in [1.54, 1.807) is 0 Å². The average Bonchev–Trinajstić information content (AvgIpc) is 3.21. The normalized spacial score (nSPS) is 11.8. The number of hydrogen-bond acceptors (Lipinski definition) is 6. The van der Waals surface area contributed by atoms with Crippen LogP contribution in [0, 0.1) is 0 Å². The minimum Gasteiger partial charge on any atom is -0.462 e. The Bertz CT molecular complexity index is 844. The van der Waals surface area contributed by atoms with Crippen LogP contribution in [0.5, 0.6) is 0 Å². The molecule has 6 nitrogen and oxygen atoms in total. The van der Waals surface area contributed by atoms with Gasteiger partial charge in [-0.1, -0.05) is 252 Å². The van der Waals surface area contributed by atoms with Gasteiger partial charge in [-0.25, -0.2) is 0 Å². The van der Waals surface area contributed by atoms with Crippen molar-refractivity contribution in [1.82, 2.24) is 0 Å². The van der Waals surface area contributed by atoms with Crippen molar-refractivity contribution in [2.45, 2.75) is 297 Å². The van der Waals surface area contributed by atoms with Gasteiger partial charge < -0.3 is 14.2 Å². The molecular weight excluding hydrogens is 709 g/mol. The lowest BCUT2D eigenvalue weighted by molar-refractivity contribution is -0.167. The second kappa shape index (κ2) is 47.1. The molecule has 1 atom stereocenters. The summed E-state index contributed by atoms with van der Waals surface area (Å²) in [5.74, 6) is -0.843. The van der Waals surface area contributed by atoms with Crippen molar-refractivity contribution in [3.63, 3.8) is 0 Å². The van der Waals surface area contributed by atoms with Crippen LogP contribution >= 0.6 is 0 Å². The Morgan fingerprint density at radius 3 is 0.702 bits per heavy atom. The molecule has 0 saturated carbocycles. The summed E-state index contributed by atoms with van der Waals surface area (Å²) in [6, 6.07) is 0. The molecule has 0 saturated heterocycles. The van der Waals surface area contributed by atoms with Crippen molar-refractivity contribution < 1.29 is 28.6 Å². The fourth-order valence-electron chi connectivity index (χ4n) is 7.74. The highest BCUT2D eigenvalue weighted by Gasteiger charge is 2.19. The third-order valence-electron chi connectivity index (χ3n) is 11.6. The molecule has 0 aromatic rings. The summed E-state index contributed by atoms with van der Waals surface area (Å²) in [5, 5.41) is 0. The van der Waals surface area contributed by atoms with Gasteiger partial charge >= 0.3 is 17.9 Å². The first kappa shape index (κ1) is 55.4. The van der Waals surface area contributed by atoms with Gasteiger partial charge in [-0.15, -0.1) is 0 Å². The molecule has 0 heterocycles. The third kappa shape index (κ3) is 45.3. The Labute approximate surface area is 355 Å². The van der Waals surface area contributed by atoms with Crippen molar-refractivity contribution in [1.29, 1.82) is 0 Å². The van der Waals surface area contributed by atoms with E-state index >= 15 is 0 Å². The maximum Gasteiger partial charge on any atom is 0.306 e. The SMILES string of the molecule is CCCCCCCCCCCCCCCCCC(=O)OC[C@@H](COC(=O)CCCCCCCCCCCC)OC(=O)CCCCCCCCCCCCCCCC. The smallest absolute Gasteiger partial charge is 0.306 e. The Morgan fingerprint density at radius 2 is 0.474 bits per heavy atom. The summed E-state index contributed by atoms with van der Waals surface area (Å²) in [5.41, 5.74) is 0. The lowest BCUT2D eigenvalue weighted by atomic mass is 10.0. The minimum absolute atomic E-state index is 0.0619. The van der Waals surface area contributed by atoms with E-state index in [0.29, 0.717) is 19.3 Å². The first-order valence-corrected chi connectivity index (χ1v) is 25.5. The number of hydrogen-bond donors (Lipinski definition) is 0. The molecule has 6 heteroatoms. The molecule has 0 rings (SSSR count). The topological polar surface area (TPSA) is 78.9 Å². The van der Waals surface area contributed by atoms with Crippen LogP contribution in [0.2, 0.25) is 0 Å². The average molecular weight is 807 g/mol. The van der Waals surface area contributed by atoms with Crippen molar-refractivity contribution >= 4 is 17.9 Å². The number of unbranched alkanes of at least 4 members (excludes halogenated alkanes) is 36. The Hall–Kier alpha value is -1.59. The van der Waals surface area contributed by atoms with Gasteiger partial charge in [0.05, 0.1) is 0 Å². The zero-order valence-electron chi connectivity index (χ0n) is 38.6. The molecule has 0 aromatic carbocycles. The maximum atomic E-state index is 12.8. The molecule has 0 aromatic heterocycles. The number of esters is 3. The fourth-order valence-corrected chi connectivity index (χ4v) is 7.74. The van der Waals surface area contributed by atoms with Crippen LogP contribution in [0.25, 0.3) is 0 Å². The molecule has 0 aliphatic heterocycles. The molecule has 57 heavy (non-hydrogen) atoms. The second-order valence-corrected chi connectivity index (χ2v) is 17.5. The highest BCUT2D eigenvalue weighted by Crippen LogP contribution is 2.17. The summed E-state index contributed by atoms with van der Waals surface area (Å²) in [6.07, 6.45) is 49.4. The van der Waals surface area contributed by atoms with Gasteiger partial charge in [0, 0.05) is 19.3 Å². The van der Waals surface area contributed by atoms with Crippen LogP contribution in [0.3, 0.4) is 0 Å². The van der Waals surface area contributed by atoms with E-state index in [0.717, 1.165) is 57.8 Å². The van der Waals surface area contributed by atoms with Crippen LogP contribution < -0.4 is 0 Å². The van der Waals surface area contributed by atoms with Crippen molar-refractivity contribution in [2.75, 3.05) is 13.2 Å². The van der Waals surface area contributed by atoms with Gasteiger partial charge in [0.25, 0.3) is 0 Å². The third-order valence-corrected chi connectivity index (χ3v) is 11.6. The Morgan fingerprint density at radius 1 is 0.281 bits per heavy atom. The van der Waals surface area contributed by atoms with Crippen LogP contribution in [0.1, 0.15) is 290 Å². The van der Waals surface area contributed by atoms with Gasteiger partial charge in [0.1, 0.15) is 13.2 Å². The summed E-state index contributed by atoms with van der Waals surface area (Å²) < 4.78 is 16.8. The summed E-state index contributed by atoms with van der Waals surface area (Å²) >= 11 is 0. The minimum atomic E-state index is -0.759. The number of carbonyl (C=O) groups excluding carboxylic acids is 3. The first-order chi connectivity index (χ1) is 28.0. The van der Waals surface area contributed by atoms with E-state index in [2.05, 4.69) is 20.8 Å². The molecule has 0 radical (unpaired) electrons. The van der Waals surface area contributed by atoms with Crippen LogP contribution in [0.4, 0.5) is 0 Å². The van der Waals surface area contributed by atoms with Crippen molar-refractivity contribution in [3.8, 4) is 0 Å². The fraction of sp³-hybridized carbons (Fsp3) is 0.941. The summed E-state index contributed by atoms with van der Waals surface area (Å²) in [4.78, 5) is 37.9. The van der Waals surface area contributed by atoms with Crippen LogP contribution in [0.15, 0.2) is 0 Å². The highest BCUT2D eigenvalue weighted by molar-refractivity contribution is 5.71. The number of ether oxygens (including phenoxy) is 3. The molecule has 0 spiro atoms. The van der Waals surface area contributed by atoms with Gasteiger partial charge in [-0.2, -0.15) is 0 Å². The molecule has 0 amide bonds. The van der Waals surface area contributed by atoms with Crippen LogP contribution in [-0.2, 0) is 28.6 Å². The van der Waals surface area contributed by atoms with E-state index in [1.807, 2.05) is 0 Å². The highest BCUT2D eigenvalue weighted by atomic mass is 16.6. The zero-order valence-corrected chi connectivity index (χ0v) is 38.6. The van der Waals surface area contributed by atoms with E-state index in [1.165, 1.54) is 193 Å². The quantitative estimate of drug-likeness (QED) is 0.0346. The molecule has 0 unspecified atom stereocenters. The zero-order chi connectivity index (χ0) is 41.5. The molecule has 0 bridgehead atoms. The van der Waals surface area contributed by atoms with Gasteiger partial charge in [-0.3, -0.25) is 14.4 Å². The maximum absolute atomic E-state index is 12.8. The number of carbonyl (C=O) groups is 3. The Balaban J connectivity index is 4.28. The van der Waals surface area contributed by atoms with Gasteiger partial charge in [0.15, 0.2) is 6.10 Å². The van der Waals surface area contributed by atoms with Crippen molar-refractivity contribution in [2.24, 2.45) is 0 Å². The molecular formula is C51H98O6. The Kier molecular flexibility index (Phi) is 45.8. The molecule has 338 valence electrons. The second-order valence-electron chi connectivity index (χ2n) is 17.5. The van der Waals surface area contributed by atoms with Crippen molar-refractivity contribution in [3.05, 3.63) is 0 Å². The van der Waals surface area contributed by atoms with Crippen LogP contribution in [-0.4, -0.2) is 37.2 Å². The first-order valence-electron chi connectivity index (χ1n) is 25.5. The predicted octanol–water partition coefficient (Wildman–Crippen LogP) is 16.4. The van der Waals surface area contributed by atoms with Gasteiger partial charge in [0.2, 0.25) is 0 Å². The lowest BCUT2D eigenvalue weighted by Crippen LogP contribution is -2.30. The van der Waals surface area contributed by atoms with Gasteiger partial charge in [-0.05, 0) is 19.3 Å².